The number of H-pyrrole nitrogens is 1. The quantitative estimate of drug-likeness (QED) is 0.253. The van der Waals surface area contributed by atoms with Crippen LogP contribution in [0.3, 0.4) is 0 Å². The maximum Gasteiger partial charge on any atom is 0.497 e. The van der Waals surface area contributed by atoms with Crippen LogP contribution < -0.4 is 0 Å². The molecule has 1 saturated heterocycles. The lowest BCUT2D eigenvalue weighted by Crippen LogP contribution is -2.59. The highest BCUT2D eigenvalue weighted by Gasteiger charge is 2.52. The monoisotopic (exact) mass is 554 g/mol. The van der Waals surface area contributed by atoms with Crippen molar-refractivity contribution in [3.05, 3.63) is 113 Å². The van der Waals surface area contributed by atoms with Crippen molar-refractivity contribution in [1.82, 2.24) is 10.2 Å². The lowest BCUT2D eigenvalue weighted by Gasteiger charge is -2.45. The second kappa shape index (κ2) is 10.9. The Morgan fingerprint density at radius 2 is 1.56 bits per heavy atom. The van der Waals surface area contributed by atoms with Crippen LogP contribution in [0.5, 0.6) is 0 Å². The molecular weight excluding hydrogens is 527 g/mol. The van der Waals surface area contributed by atoms with Crippen LogP contribution in [0.2, 0.25) is 5.02 Å². The van der Waals surface area contributed by atoms with Crippen LogP contribution in [0.25, 0.3) is 11.3 Å². The van der Waals surface area contributed by atoms with Crippen molar-refractivity contribution < 1.29 is 27.4 Å². The summed E-state index contributed by atoms with van der Waals surface area (Å²) >= 11 is 6.05. The maximum absolute atomic E-state index is 13.3. The van der Waals surface area contributed by atoms with Crippen LogP contribution in [0, 0.1) is 0 Å². The molecule has 0 atom stereocenters. The van der Waals surface area contributed by atoms with Gasteiger partial charge in [0.15, 0.2) is 0 Å². The lowest BCUT2D eigenvalue weighted by molar-refractivity contribution is -1.09. The molecule has 1 N–H and O–H groups in total. The van der Waals surface area contributed by atoms with Crippen molar-refractivity contribution >= 4 is 17.6 Å². The molecule has 0 unspecified atom stereocenters. The number of hydrogen-bond acceptors (Lipinski definition) is 3. The number of aromatic amines is 1. The molecule has 5 nitrogen and oxygen atoms in total. The number of carbonyl (C=O) groups is 1. The zero-order chi connectivity index (χ0) is 27.5. The first kappa shape index (κ1) is 27.0. The molecule has 9 heteroatoms. The Bertz CT molecular complexity index is 1400. The van der Waals surface area contributed by atoms with E-state index < -0.39 is 22.2 Å². The van der Waals surface area contributed by atoms with Gasteiger partial charge in [0, 0.05) is 24.3 Å². The molecule has 0 radical (unpaired) electrons. The van der Waals surface area contributed by atoms with Gasteiger partial charge in [0.2, 0.25) is 0 Å². The van der Waals surface area contributed by atoms with E-state index in [0.29, 0.717) is 24.3 Å². The van der Waals surface area contributed by atoms with Crippen LogP contribution in [-0.4, -0.2) is 46.6 Å². The second-order valence-electron chi connectivity index (χ2n) is 9.96. The summed E-state index contributed by atoms with van der Waals surface area (Å²) in [5.74, 6) is -2.16. The zero-order valence-corrected chi connectivity index (χ0v) is 21.9. The fraction of sp³-hybridized carbons (Fsp3) is 0.267. The fourth-order valence-electron chi connectivity index (χ4n) is 5.39. The van der Waals surface area contributed by atoms with E-state index in [2.05, 4.69) is 10.2 Å². The molecule has 4 aromatic rings. The minimum absolute atomic E-state index is 0.215. The summed E-state index contributed by atoms with van der Waals surface area (Å²) in [4.78, 5) is 17.3. The summed E-state index contributed by atoms with van der Waals surface area (Å²) in [6, 6.07) is 28.7. The number of rotatable bonds is 7. The van der Waals surface area contributed by atoms with Gasteiger partial charge in [-0.1, -0.05) is 84.4 Å². The molecule has 1 aliphatic rings. The van der Waals surface area contributed by atoms with Crippen LogP contribution in [-0.2, 0) is 21.5 Å². The molecule has 1 fully saturated rings. The fourth-order valence-corrected chi connectivity index (χ4v) is 5.51. The number of hydroxylamine groups is 3. The van der Waals surface area contributed by atoms with E-state index in [1.807, 2.05) is 78.9 Å². The molecule has 0 aliphatic carbocycles. The number of likely N-dealkylation sites (tertiary alicyclic amines) is 1. The number of nitrogens with zero attached hydrogens (tertiary/aromatic N) is 2. The molecule has 0 amide bonds. The van der Waals surface area contributed by atoms with E-state index in [1.165, 1.54) is 0 Å². The van der Waals surface area contributed by atoms with Crippen LogP contribution in [0.1, 0.15) is 29.7 Å². The highest BCUT2D eigenvalue weighted by Crippen LogP contribution is 2.44. The van der Waals surface area contributed by atoms with Gasteiger partial charge in [0.05, 0.1) is 16.8 Å². The molecule has 2 heterocycles. The SMILES string of the molecule is O=C(O[N+]1(CCc2ccccc2)CCC(c2ccccc2)(c2cc(-c3ccc(Cl)cc3)[nH]n2)CC1)C(F)(F)F. The number of piperidine rings is 1. The first-order valence-electron chi connectivity index (χ1n) is 12.8. The van der Waals surface area contributed by atoms with E-state index in [-0.39, 0.29) is 19.6 Å². The third-order valence-electron chi connectivity index (χ3n) is 7.60. The number of halogens is 4. The zero-order valence-electron chi connectivity index (χ0n) is 21.1. The van der Waals surface area contributed by atoms with E-state index in [4.69, 9.17) is 16.4 Å². The lowest BCUT2D eigenvalue weighted by atomic mass is 9.70. The van der Waals surface area contributed by atoms with Gasteiger partial charge in [-0.3, -0.25) is 9.94 Å². The summed E-state index contributed by atoms with van der Waals surface area (Å²) in [5.41, 5.74) is 3.95. The van der Waals surface area contributed by atoms with Gasteiger partial charge in [-0.05, 0) is 34.9 Å². The minimum Gasteiger partial charge on any atom is -0.278 e. The molecule has 39 heavy (non-hydrogen) atoms. The van der Waals surface area contributed by atoms with Crippen molar-refractivity contribution in [2.24, 2.45) is 0 Å². The molecule has 0 saturated carbocycles. The summed E-state index contributed by atoms with van der Waals surface area (Å²) in [6.07, 6.45) is -3.70. The molecule has 1 aromatic heterocycles. The predicted molar refractivity (Wildman–Crippen MR) is 143 cm³/mol. The van der Waals surface area contributed by atoms with Crippen molar-refractivity contribution in [2.45, 2.75) is 30.9 Å². The molecular formula is C30H28ClF3N3O2+. The van der Waals surface area contributed by atoms with Crippen molar-refractivity contribution in [3.63, 3.8) is 0 Å². The van der Waals surface area contributed by atoms with Crippen molar-refractivity contribution in [2.75, 3.05) is 19.6 Å². The Morgan fingerprint density at radius 3 is 2.18 bits per heavy atom. The Labute approximate surface area is 229 Å². The number of benzene rings is 3. The van der Waals surface area contributed by atoms with Gasteiger partial charge in [-0.25, -0.2) is 4.79 Å². The number of nitrogens with one attached hydrogen (secondary N) is 1. The van der Waals surface area contributed by atoms with Crippen molar-refractivity contribution in [3.8, 4) is 11.3 Å². The third kappa shape index (κ3) is 5.87. The van der Waals surface area contributed by atoms with E-state index in [1.54, 1.807) is 12.1 Å². The molecule has 1 aliphatic heterocycles. The molecule has 3 aromatic carbocycles. The van der Waals surface area contributed by atoms with Gasteiger partial charge in [0.25, 0.3) is 0 Å². The molecule has 5 rings (SSSR count). The van der Waals surface area contributed by atoms with Crippen LogP contribution >= 0.6 is 11.6 Å². The Morgan fingerprint density at radius 1 is 0.949 bits per heavy atom. The third-order valence-corrected chi connectivity index (χ3v) is 7.85. The Kier molecular flexibility index (Phi) is 7.51. The van der Waals surface area contributed by atoms with Crippen molar-refractivity contribution in [1.29, 1.82) is 0 Å². The van der Waals surface area contributed by atoms with E-state index >= 15 is 0 Å². The molecule has 202 valence electrons. The number of aromatic nitrogens is 2. The Hall–Kier alpha value is -3.62. The number of carbonyl (C=O) groups excluding carboxylic acids is 1. The minimum atomic E-state index is -5.07. The highest BCUT2D eigenvalue weighted by atomic mass is 35.5. The predicted octanol–water partition coefficient (Wildman–Crippen LogP) is 6.89. The summed E-state index contributed by atoms with van der Waals surface area (Å²) in [5, 5.41) is 8.43. The number of quaternary nitrogens is 1. The van der Waals surface area contributed by atoms with Crippen LogP contribution in [0.4, 0.5) is 13.2 Å². The smallest absolute Gasteiger partial charge is 0.278 e. The topological polar surface area (TPSA) is 55.0 Å². The molecule has 0 spiro atoms. The summed E-state index contributed by atoms with van der Waals surface area (Å²) < 4.78 is 39.5. The van der Waals surface area contributed by atoms with E-state index in [9.17, 15) is 18.0 Å². The second-order valence-corrected chi connectivity index (χ2v) is 10.4. The van der Waals surface area contributed by atoms with Crippen LogP contribution in [0.15, 0.2) is 91.0 Å². The summed E-state index contributed by atoms with van der Waals surface area (Å²) in [6.45, 7) is 0.673. The van der Waals surface area contributed by atoms with Gasteiger partial charge in [-0.2, -0.15) is 18.3 Å². The number of hydrogen-bond donors (Lipinski definition) is 1. The largest absolute Gasteiger partial charge is 0.497 e. The maximum atomic E-state index is 13.3. The Balaban J connectivity index is 1.47. The van der Waals surface area contributed by atoms with E-state index in [0.717, 1.165) is 28.1 Å². The van der Waals surface area contributed by atoms with Gasteiger partial charge in [0.1, 0.15) is 19.6 Å². The summed E-state index contributed by atoms with van der Waals surface area (Å²) in [7, 11) is 0. The van der Waals surface area contributed by atoms with Gasteiger partial charge in [-0.15, -0.1) is 4.65 Å². The first-order chi connectivity index (χ1) is 18.7. The van der Waals surface area contributed by atoms with Gasteiger partial charge < -0.3 is 0 Å². The average Bonchev–Trinajstić information content (AvgIpc) is 3.44. The first-order valence-corrected chi connectivity index (χ1v) is 13.2. The molecule has 0 bridgehead atoms. The normalized spacial score (nSPS) is 21.4. The standard InChI is InChI=1S/C30H28ClF3N3O2/c31-25-13-11-23(12-14-25)26-21-27(36-35-26)29(24-9-5-2-6-10-24)16-19-37(20-17-29,39-28(38)30(32,33)34)18-15-22-7-3-1-4-8-22/h1-14,21H,15-20H2,(H,35,36)/q+1. The van der Waals surface area contributed by atoms with Gasteiger partial charge >= 0.3 is 12.1 Å². The average molecular weight is 555 g/mol. The number of alkyl halides is 3. The highest BCUT2D eigenvalue weighted by molar-refractivity contribution is 6.30.